The van der Waals surface area contributed by atoms with E-state index in [1.807, 2.05) is 13.0 Å². The zero-order valence-electron chi connectivity index (χ0n) is 11.9. The lowest BCUT2D eigenvalue weighted by atomic mass is 9.94. The first-order valence-corrected chi connectivity index (χ1v) is 7.31. The van der Waals surface area contributed by atoms with Gasteiger partial charge in [0.25, 0.3) is 0 Å². The zero-order chi connectivity index (χ0) is 14.3. The van der Waals surface area contributed by atoms with Gasteiger partial charge in [0.2, 0.25) is 0 Å². The number of amidine groups is 1. The Labute approximate surface area is 119 Å². The highest BCUT2D eigenvalue weighted by Gasteiger charge is 2.33. The molecule has 5 nitrogen and oxygen atoms in total. The van der Waals surface area contributed by atoms with Crippen LogP contribution >= 0.6 is 0 Å². The molecule has 1 aliphatic carbocycles. The lowest BCUT2D eigenvalue weighted by Crippen LogP contribution is -2.32. The maximum atomic E-state index is 10.1. The van der Waals surface area contributed by atoms with Crippen molar-refractivity contribution < 1.29 is 5.11 Å². The third-order valence-corrected chi connectivity index (χ3v) is 4.32. The van der Waals surface area contributed by atoms with Crippen LogP contribution in [0.5, 0.6) is 0 Å². The van der Waals surface area contributed by atoms with Crippen LogP contribution in [0.2, 0.25) is 0 Å². The van der Waals surface area contributed by atoms with Crippen LogP contribution in [0.25, 0.3) is 0 Å². The van der Waals surface area contributed by atoms with Crippen molar-refractivity contribution in [3.05, 3.63) is 22.9 Å². The number of nitrogens with two attached hydrogens (primary N) is 1. The molecule has 108 valence electrons. The molecule has 1 aromatic rings. The van der Waals surface area contributed by atoms with E-state index >= 15 is 0 Å². The molecule has 0 aromatic carbocycles. The molecular weight excluding hydrogens is 252 g/mol. The SMILES string of the molecule is CC1(O)CCN(c2nc3c(cc2C(=N)N)CCCC3)C1. The van der Waals surface area contributed by atoms with Crippen molar-refractivity contribution in [1.82, 2.24) is 4.98 Å². The molecule has 1 unspecified atom stereocenters. The van der Waals surface area contributed by atoms with Crippen LogP contribution in [0.4, 0.5) is 5.82 Å². The summed E-state index contributed by atoms with van der Waals surface area (Å²) in [4.78, 5) is 6.84. The maximum absolute atomic E-state index is 10.1. The van der Waals surface area contributed by atoms with Crippen LogP contribution in [-0.4, -0.2) is 34.6 Å². The molecule has 0 amide bonds. The number of rotatable bonds is 2. The van der Waals surface area contributed by atoms with E-state index in [4.69, 9.17) is 16.1 Å². The molecule has 0 spiro atoms. The molecule has 3 rings (SSSR count). The summed E-state index contributed by atoms with van der Waals surface area (Å²) >= 11 is 0. The highest BCUT2D eigenvalue weighted by atomic mass is 16.3. The molecule has 4 N–H and O–H groups in total. The second-order valence-electron chi connectivity index (χ2n) is 6.25. The molecule has 0 radical (unpaired) electrons. The van der Waals surface area contributed by atoms with E-state index in [1.54, 1.807) is 0 Å². The molecule has 1 saturated heterocycles. The molecule has 5 heteroatoms. The predicted octanol–water partition coefficient (Wildman–Crippen LogP) is 1.21. The Morgan fingerprint density at radius 1 is 1.45 bits per heavy atom. The first-order chi connectivity index (χ1) is 9.46. The fraction of sp³-hybridized carbons (Fsp3) is 0.600. The van der Waals surface area contributed by atoms with Crippen molar-refractivity contribution in [1.29, 1.82) is 5.41 Å². The average molecular weight is 274 g/mol. The van der Waals surface area contributed by atoms with E-state index < -0.39 is 5.60 Å². The predicted molar refractivity (Wildman–Crippen MR) is 79.3 cm³/mol. The van der Waals surface area contributed by atoms with Crippen molar-refractivity contribution >= 4 is 11.7 Å². The van der Waals surface area contributed by atoms with Crippen LogP contribution in [0, 0.1) is 5.41 Å². The van der Waals surface area contributed by atoms with E-state index in [1.165, 1.54) is 18.4 Å². The Hall–Kier alpha value is -1.62. The van der Waals surface area contributed by atoms with Gasteiger partial charge in [0.1, 0.15) is 11.7 Å². The van der Waals surface area contributed by atoms with E-state index in [-0.39, 0.29) is 5.84 Å². The average Bonchev–Trinajstić information content (AvgIpc) is 2.77. The standard InChI is InChI=1S/C15H22N4O/c1-15(20)6-7-19(9-15)14-11(13(16)17)8-10-4-2-3-5-12(10)18-14/h8,20H,2-7,9H2,1H3,(H3,16,17). The molecule has 1 fully saturated rings. The lowest BCUT2D eigenvalue weighted by Gasteiger charge is -2.25. The van der Waals surface area contributed by atoms with Gasteiger partial charge in [0, 0.05) is 18.8 Å². The van der Waals surface area contributed by atoms with Gasteiger partial charge in [-0.15, -0.1) is 0 Å². The van der Waals surface area contributed by atoms with Gasteiger partial charge in [0.05, 0.1) is 11.2 Å². The van der Waals surface area contributed by atoms with Crippen LogP contribution in [0.15, 0.2) is 6.07 Å². The van der Waals surface area contributed by atoms with Gasteiger partial charge in [-0.3, -0.25) is 5.41 Å². The summed E-state index contributed by atoms with van der Waals surface area (Å²) in [6.07, 6.45) is 5.12. The molecule has 2 heterocycles. The van der Waals surface area contributed by atoms with Crippen LogP contribution in [0.1, 0.15) is 43.0 Å². The number of aromatic nitrogens is 1. The topological polar surface area (TPSA) is 86.2 Å². The van der Waals surface area contributed by atoms with Crippen LogP contribution in [-0.2, 0) is 12.8 Å². The van der Waals surface area contributed by atoms with Gasteiger partial charge in [-0.2, -0.15) is 0 Å². The fourth-order valence-corrected chi connectivity index (χ4v) is 3.19. The summed E-state index contributed by atoms with van der Waals surface area (Å²) in [7, 11) is 0. The summed E-state index contributed by atoms with van der Waals surface area (Å²) in [5.41, 5.74) is 8.15. The number of nitrogens with one attached hydrogen (secondary N) is 1. The molecule has 2 aliphatic rings. The number of anilines is 1. The van der Waals surface area contributed by atoms with Gasteiger partial charge in [-0.1, -0.05) is 0 Å². The minimum atomic E-state index is -0.675. The monoisotopic (exact) mass is 274 g/mol. The number of hydrogen-bond acceptors (Lipinski definition) is 4. The number of aliphatic hydroxyl groups is 1. The van der Waals surface area contributed by atoms with Gasteiger partial charge >= 0.3 is 0 Å². The number of fused-ring (bicyclic) bond motifs is 1. The molecule has 0 saturated carbocycles. The fourth-order valence-electron chi connectivity index (χ4n) is 3.19. The molecule has 1 aliphatic heterocycles. The summed E-state index contributed by atoms with van der Waals surface area (Å²) in [6, 6.07) is 2.03. The number of pyridine rings is 1. The molecule has 1 aromatic heterocycles. The zero-order valence-corrected chi connectivity index (χ0v) is 11.9. The molecule has 1 atom stereocenters. The van der Waals surface area contributed by atoms with E-state index in [9.17, 15) is 5.11 Å². The number of nitrogens with zero attached hydrogens (tertiary/aromatic N) is 2. The number of aryl methyl sites for hydroxylation is 2. The third kappa shape index (κ3) is 2.38. The van der Waals surface area contributed by atoms with Gasteiger partial charge in [0.15, 0.2) is 0 Å². The minimum Gasteiger partial charge on any atom is -0.388 e. The largest absolute Gasteiger partial charge is 0.388 e. The maximum Gasteiger partial charge on any atom is 0.139 e. The minimum absolute atomic E-state index is 0.0624. The van der Waals surface area contributed by atoms with Crippen molar-refractivity contribution in [3.8, 4) is 0 Å². The number of β-amino-alcohol motifs (C(OH)–C–C–N with tert-alkyl or cyclic N) is 1. The van der Waals surface area contributed by atoms with Crippen molar-refractivity contribution in [3.63, 3.8) is 0 Å². The van der Waals surface area contributed by atoms with Crippen molar-refractivity contribution in [2.45, 2.75) is 44.6 Å². The van der Waals surface area contributed by atoms with E-state index in [2.05, 4.69) is 4.90 Å². The highest BCUT2D eigenvalue weighted by molar-refractivity contribution is 6.00. The Balaban J connectivity index is 2.02. The van der Waals surface area contributed by atoms with E-state index in [0.717, 1.165) is 37.3 Å². The summed E-state index contributed by atoms with van der Waals surface area (Å²) in [5, 5.41) is 17.9. The van der Waals surface area contributed by atoms with Crippen molar-refractivity contribution in [2.75, 3.05) is 18.0 Å². The van der Waals surface area contributed by atoms with Crippen molar-refractivity contribution in [2.24, 2.45) is 5.73 Å². The highest BCUT2D eigenvalue weighted by Crippen LogP contribution is 2.31. The smallest absolute Gasteiger partial charge is 0.139 e. The molecular formula is C15H22N4O. The second kappa shape index (κ2) is 4.74. The second-order valence-corrected chi connectivity index (χ2v) is 6.25. The summed E-state index contributed by atoms with van der Waals surface area (Å²) < 4.78 is 0. The molecule has 20 heavy (non-hydrogen) atoms. The number of nitrogen functional groups attached to an aromatic ring is 1. The lowest BCUT2D eigenvalue weighted by molar-refractivity contribution is 0.0839. The summed E-state index contributed by atoms with van der Waals surface area (Å²) in [5.74, 6) is 0.836. The van der Waals surface area contributed by atoms with E-state index in [0.29, 0.717) is 12.1 Å². The first-order valence-electron chi connectivity index (χ1n) is 7.31. The molecule has 0 bridgehead atoms. The normalized spacial score (nSPS) is 25.6. The van der Waals surface area contributed by atoms with Crippen LogP contribution in [0.3, 0.4) is 0 Å². The van der Waals surface area contributed by atoms with Crippen LogP contribution < -0.4 is 10.6 Å². The Morgan fingerprint density at radius 2 is 2.20 bits per heavy atom. The van der Waals surface area contributed by atoms with Gasteiger partial charge in [-0.25, -0.2) is 4.98 Å². The number of hydrogen-bond donors (Lipinski definition) is 3. The Kier molecular flexibility index (Phi) is 3.17. The van der Waals surface area contributed by atoms with Gasteiger partial charge in [-0.05, 0) is 50.7 Å². The quantitative estimate of drug-likeness (QED) is 0.559. The Bertz CT molecular complexity index is 553. The Morgan fingerprint density at radius 3 is 2.85 bits per heavy atom. The third-order valence-electron chi connectivity index (χ3n) is 4.32. The van der Waals surface area contributed by atoms with Gasteiger partial charge < -0.3 is 15.7 Å². The summed E-state index contributed by atoms with van der Waals surface area (Å²) in [6.45, 7) is 3.16. The first kappa shape index (κ1) is 13.4.